The highest BCUT2D eigenvalue weighted by atomic mass is 35.5. The molecule has 0 amide bonds. The van der Waals surface area contributed by atoms with Crippen LogP contribution in [0.2, 0.25) is 5.02 Å². The molecule has 92 valence electrons. The second-order valence-electron chi connectivity index (χ2n) is 3.67. The summed E-state index contributed by atoms with van der Waals surface area (Å²) in [5, 5.41) is 4.48. The summed E-state index contributed by atoms with van der Waals surface area (Å²) >= 11 is 6.03. The normalized spacial score (nSPS) is 11.9. The number of halogens is 2. The first-order valence-corrected chi connectivity index (χ1v) is 5.37. The molecule has 1 aromatic heterocycles. The van der Waals surface area contributed by atoms with Crippen LogP contribution in [-0.2, 0) is 6.42 Å². The molecule has 17 heavy (non-hydrogen) atoms. The second kappa shape index (κ2) is 6.00. The predicted octanol–water partition coefficient (Wildman–Crippen LogP) is 2.70. The molecule has 0 saturated heterocycles. The van der Waals surface area contributed by atoms with Gasteiger partial charge in [0.2, 0.25) is 11.7 Å². The highest BCUT2D eigenvalue weighted by Gasteiger charge is 2.11. The number of hydrogen-bond donors (Lipinski definition) is 1. The molecule has 6 heteroatoms. The van der Waals surface area contributed by atoms with E-state index in [0.717, 1.165) is 5.56 Å². The Bertz CT molecular complexity index is 485. The average molecular weight is 274 g/mol. The molecule has 2 N–H and O–H groups in total. The lowest BCUT2D eigenvalue weighted by Gasteiger charge is -1.97. The van der Waals surface area contributed by atoms with Gasteiger partial charge in [-0.25, -0.2) is 0 Å². The maximum Gasteiger partial charge on any atom is 0.228 e. The fraction of sp³-hybridized carbons (Fsp3) is 0.273. The minimum atomic E-state index is -0.000421. The van der Waals surface area contributed by atoms with Gasteiger partial charge in [-0.2, -0.15) is 4.98 Å². The molecule has 1 heterocycles. The molecule has 4 nitrogen and oxygen atoms in total. The lowest BCUT2D eigenvalue weighted by Crippen LogP contribution is -2.17. The molecule has 2 rings (SSSR count). The largest absolute Gasteiger partial charge is 0.339 e. The highest BCUT2D eigenvalue weighted by Crippen LogP contribution is 2.24. The Kier molecular flexibility index (Phi) is 4.93. The van der Waals surface area contributed by atoms with Crippen LogP contribution in [0.4, 0.5) is 0 Å². The monoisotopic (exact) mass is 273 g/mol. The van der Waals surface area contributed by atoms with E-state index in [1.54, 1.807) is 6.07 Å². The van der Waals surface area contributed by atoms with Gasteiger partial charge in [0.05, 0.1) is 5.02 Å². The van der Waals surface area contributed by atoms with E-state index in [9.17, 15) is 0 Å². The standard InChI is InChI=1S/C11H12ClN3O.ClH/c1-7(13)6-10-14-11(15-16-10)8-4-2-3-5-9(8)12;/h2-5,7H,6,13H2,1H3;1H. The van der Waals surface area contributed by atoms with Crippen molar-refractivity contribution < 1.29 is 4.52 Å². The molecule has 0 aliphatic carbocycles. The van der Waals surface area contributed by atoms with Gasteiger partial charge in [0, 0.05) is 18.0 Å². The summed E-state index contributed by atoms with van der Waals surface area (Å²) in [5.41, 5.74) is 6.42. The van der Waals surface area contributed by atoms with Crippen LogP contribution in [0.25, 0.3) is 11.4 Å². The smallest absolute Gasteiger partial charge is 0.228 e. The van der Waals surface area contributed by atoms with E-state index < -0.39 is 0 Å². The van der Waals surface area contributed by atoms with Gasteiger partial charge in [-0.05, 0) is 19.1 Å². The molecular formula is C11H13Cl2N3O. The maximum atomic E-state index is 6.03. The van der Waals surface area contributed by atoms with Crippen LogP contribution in [0.15, 0.2) is 28.8 Å². The SMILES string of the molecule is CC(N)Cc1nc(-c2ccccc2Cl)no1.Cl. The van der Waals surface area contributed by atoms with Crippen LogP contribution in [0.3, 0.4) is 0 Å². The van der Waals surface area contributed by atoms with Gasteiger partial charge in [0.1, 0.15) is 0 Å². The van der Waals surface area contributed by atoms with Gasteiger partial charge < -0.3 is 10.3 Å². The number of benzene rings is 1. The number of hydrogen-bond acceptors (Lipinski definition) is 4. The fourth-order valence-electron chi connectivity index (χ4n) is 1.37. The Morgan fingerprint density at radius 3 is 2.76 bits per heavy atom. The van der Waals surface area contributed by atoms with Gasteiger partial charge in [0.25, 0.3) is 0 Å². The minimum absolute atomic E-state index is 0. The van der Waals surface area contributed by atoms with Crippen LogP contribution in [0, 0.1) is 0 Å². The molecule has 1 aromatic carbocycles. The molecule has 0 aliphatic rings. The van der Waals surface area contributed by atoms with Crippen molar-refractivity contribution >= 4 is 24.0 Å². The van der Waals surface area contributed by atoms with Crippen molar-refractivity contribution in [2.24, 2.45) is 5.73 Å². The molecule has 1 unspecified atom stereocenters. The van der Waals surface area contributed by atoms with E-state index >= 15 is 0 Å². The van der Waals surface area contributed by atoms with E-state index in [4.69, 9.17) is 21.9 Å². The van der Waals surface area contributed by atoms with E-state index in [1.165, 1.54) is 0 Å². The third kappa shape index (κ3) is 3.43. The van der Waals surface area contributed by atoms with Gasteiger partial charge in [-0.1, -0.05) is 28.9 Å². The van der Waals surface area contributed by atoms with Crippen molar-refractivity contribution in [1.82, 2.24) is 10.1 Å². The Morgan fingerprint density at radius 1 is 1.41 bits per heavy atom. The van der Waals surface area contributed by atoms with E-state index in [-0.39, 0.29) is 18.4 Å². The van der Waals surface area contributed by atoms with Crippen molar-refractivity contribution in [1.29, 1.82) is 0 Å². The Balaban J connectivity index is 0.00000144. The summed E-state index contributed by atoms with van der Waals surface area (Å²) in [6.07, 6.45) is 0.567. The highest BCUT2D eigenvalue weighted by molar-refractivity contribution is 6.33. The van der Waals surface area contributed by atoms with Crippen LogP contribution < -0.4 is 5.73 Å². The zero-order valence-corrected chi connectivity index (χ0v) is 10.8. The maximum absolute atomic E-state index is 6.03. The summed E-state index contributed by atoms with van der Waals surface area (Å²) in [5.74, 6) is 1.03. The summed E-state index contributed by atoms with van der Waals surface area (Å²) in [6, 6.07) is 7.37. The zero-order valence-electron chi connectivity index (χ0n) is 9.26. The van der Waals surface area contributed by atoms with Gasteiger partial charge >= 0.3 is 0 Å². The Labute approximate surface area is 111 Å². The topological polar surface area (TPSA) is 64.9 Å². The first-order valence-electron chi connectivity index (χ1n) is 5.00. The lowest BCUT2D eigenvalue weighted by atomic mass is 10.2. The molecule has 1 atom stereocenters. The molecule has 0 bridgehead atoms. The lowest BCUT2D eigenvalue weighted by molar-refractivity contribution is 0.372. The summed E-state index contributed by atoms with van der Waals surface area (Å²) in [6.45, 7) is 1.89. The molecule has 2 aromatic rings. The van der Waals surface area contributed by atoms with Crippen LogP contribution in [0.5, 0.6) is 0 Å². The quantitative estimate of drug-likeness (QED) is 0.934. The molecule has 0 spiro atoms. The van der Waals surface area contributed by atoms with Crippen molar-refractivity contribution in [3.8, 4) is 11.4 Å². The molecule has 0 radical (unpaired) electrons. The van der Waals surface area contributed by atoms with Gasteiger partial charge in [0.15, 0.2) is 0 Å². The van der Waals surface area contributed by atoms with Gasteiger partial charge in [-0.3, -0.25) is 0 Å². The number of nitrogens with zero attached hydrogens (tertiary/aromatic N) is 2. The number of rotatable bonds is 3. The van der Waals surface area contributed by atoms with Gasteiger partial charge in [-0.15, -0.1) is 12.4 Å². The van der Waals surface area contributed by atoms with Crippen LogP contribution >= 0.6 is 24.0 Å². The molecule has 0 saturated carbocycles. The summed E-state index contributed by atoms with van der Waals surface area (Å²) in [7, 11) is 0. The third-order valence-electron chi connectivity index (χ3n) is 2.08. The summed E-state index contributed by atoms with van der Waals surface area (Å²) < 4.78 is 5.09. The van der Waals surface area contributed by atoms with Crippen LogP contribution in [-0.4, -0.2) is 16.2 Å². The minimum Gasteiger partial charge on any atom is -0.339 e. The van der Waals surface area contributed by atoms with Crippen molar-refractivity contribution in [3.05, 3.63) is 35.2 Å². The Morgan fingerprint density at radius 2 is 2.12 bits per heavy atom. The van der Waals surface area contributed by atoms with Crippen LogP contribution in [0.1, 0.15) is 12.8 Å². The van der Waals surface area contributed by atoms with Crippen molar-refractivity contribution in [3.63, 3.8) is 0 Å². The zero-order chi connectivity index (χ0) is 11.5. The Hall–Kier alpha value is -1.10. The fourth-order valence-corrected chi connectivity index (χ4v) is 1.59. The number of aromatic nitrogens is 2. The van der Waals surface area contributed by atoms with E-state index in [2.05, 4.69) is 10.1 Å². The second-order valence-corrected chi connectivity index (χ2v) is 4.08. The number of nitrogens with two attached hydrogens (primary N) is 1. The van der Waals surface area contributed by atoms with Crippen molar-refractivity contribution in [2.45, 2.75) is 19.4 Å². The van der Waals surface area contributed by atoms with E-state index in [0.29, 0.717) is 23.2 Å². The van der Waals surface area contributed by atoms with Crippen molar-refractivity contribution in [2.75, 3.05) is 0 Å². The average Bonchev–Trinajstić information content (AvgIpc) is 2.66. The predicted molar refractivity (Wildman–Crippen MR) is 69.3 cm³/mol. The third-order valence-corrected chi connectivity index (χ3v) is 2.41. The molecular weight excluding hydrogens is 261 g/mol. The first kappa shape index (κ1) is 14.0. The molecule has 0 fully saturated rings. The summed E-state index contributed by atoms with van der Waals surface area (Å²) in [4.78, 5) is 4.24. The van der Waals surface area contributed by atoms with E-state index in [1.807, 2.05) is 25.1 Å². The molecule has 0 aliphatic heterocycles. The first-order chi connectivity index (χ1) is 7.66.